The molecule has 1 nitrogen and oxygen atoms in total. The first-order valence-electron chi connectivity index (χ1n) is 3.32. The van der Waals surface area contributed by atoms with E-state index in [0.29, 0.717) is 0 Å². The molecule has 0 aliphatic rings. The molecule has 1 aromatic carbocycles. The Morgan fingerprint density at radius 1 is 1.55 bits per heavy atom. The van der Waals surface area contributed by atoms with Crippen LogP contribution in [0.4, 0.5) is 0 Å². The second-order valence-corrected chi connectivity index (χ2v) is 3.85. The van der Waals surface area contributed by atoms with Crippen LogP contribution in [0.5, 0.6) is 0 Å². The third-order valence-corrected chi connectivity index (χ3v) is 2.94. The Bertz CT molecular complexity index is 250. The molecule has 1 N–H and O–H groups in total. The number of halogens is 2. The summed E-state index contributed by atoms with van der Waals surface area (Å²) in [5, 5.41) is 3.90. The molecular formula is C8H9ClIN. The van der Waals surface area contributed by atoms with Gasteiger partial charge in [-0.05, 0) is 47.3 Å². The van der Waals surface area contributed by atoms with E-state index in [-0.39, 0.29) is 0 Å². The topological polar surface area (TPSA) is 12.0 Å². The summed E-state index contributed by atoms with van der Waals surface area (Å²) < 4.78 is 1.10. The quantitative estimate of drug-likeness (QED) is 0.822. The first-order chi connectivity index (χ1) is 5.24. The molecule has 11 heavy (non-hydrogen) atoms. The van der Waals surface area contributed by atoms with Crippen molar-refractivity contribution >= 4 is 34.2 Å². The molecule has 0 heterocycles. The molecule has 0 aliphatic heterocycles. The Kier molecular flexibility index (Phi) is 3.62. The summed E-state index contributed by atoms with van der Waals surface area (Å²) in [5.41, 5.74) is 1.22. The highest BCUT2D eigenvalue weighted by Crippen LogP contribution is 2.19. The second kappa shape index (κ2) is 4.28. The summed E-state index contributed by atoms with van der Waals surface area (Å²) in [6.45, 7) is 0.872. The molecule has 0 amide bonds. The van der Waals surface area contributed by atoms with Gasteiger partial charge in [0.25, 0.3) is 0 Å². The first-order valence-corrected chi connectivity index (χ1v) is 4.78. The van der Waals surface area contributed by atoms with Crippen molar-refractivity contribution in [3.63, 3.8) is 0 Å². The van der Waals surface area contributed by atoms with E-state index in [1.165, 1.54) is 5.56 Å². The Morgan fingerprint density at radius 2 is 2.27 bits per heavy atom. The van der Waals surface area contributed by atoms with E-state index in [4.69, 9.17) is 11.6 Å². The Balaban J connectivity index is 2.86. The fourth-order valence-electron chi connectivity index (χ4n) is 0.854. The first kappa shape index (κ1) is 9.29. The Hall–Kier alpha value is 0.200. The van der Waals surface area contributed by atoms with Gasteiger partial charge in [-0.2, -0.15) is 0 Å². The normalized spacial score (nSPS) is 10.1. The zero-order valence-electron chi connectivity index (χ0n) is 6.20. The highest BCUT2D eigenvalue weighted by Gasteiger charge is 1.96. The van der Waals surface area contributed by atoms with Gasteiger partial charge in [-0.3, -0.25) is 0 Å². The van der Waals surface area contributed by atoms with E-state index < -0.39 is 0 Å². The second-order valence-electron chi connectivity index (χ2n) is 2.28. The highest BCUT2D eigenvalue weighted by molar-refractivity contribution is 14.1. The largest absolute Gasteiger partial charge is 0.316 e. The summed E-state index contributed by atoms with van der Waals surface area (Å²) in [6, 6.07) is 6.08. The zero-order chi connectivity index (χ0) is 8.27. The number of hydrogen-bond acceptors (Lipinski definition) is 1. The average molecular weight is 282 g/mol. The lowest BCUT2D eigenvalue weighted by molar-refractivity contribution is 0.818. The molecule has 0 radical (unpaired) electrons. The number of benzene rings is 1. The fraction of sp³-hybridized carbons (Fsp3) is 0.250. The van der Waals surface area contributed by atoms with E-state index in [1.807, 2.05) is 19.2 Å². The van der Waals surface area contributed by atoms with Crippen LogP contribution in [-0.2, 0) is 6.54 Å². The molecule has 0 unspecified atom stereocenters. The van der Waals surface area contributed by atoms with Crippen molar-refractivity contribution in [2.24, 2.45) is 0 Å². The van der Waals surface area contributed by atoms with Crippen LogP contribution in [0.1, 0.15) is 5.56 Å². The van der Waals surface area contributed by atoms with Crippen LogP contribution < -0.4 is 5.32 Å². The van der Waals surface area contributed by atoms with Crippen LogP contribution in [0.3, 0.4) is 0 Å². The van der Waals surface area contributed by atoms with Crippen molar-refractivity contribution in [3.05, 3.63) is 32.4 Å². The maximum absolute atomic E-state index is 5.91. The lowest BCUT2D eigenvalue weighted by Gasteiger charge is -2.01. The number of hydrogen-bond donors (Lipinski definition) is 1. The van der Waals surface area contributed by atoms with Crippen molar-refractivity contribution in [1.29, 1.82) is 0 Å². The molecule has 0 spiro atoms. The summed E-state index contributed by atoms with van der Waals surface area (Å²) >= 11 is 8.13. The molecule has 0 bridgehead atoms. The zero-order valence-corrected chi connectivity index (χ0v) is 9.11. The smallest absolute Gasteiger partial charge is 0.0542 e. The van der Waals surface area contributed by atoms with Crippen molar-refractivity contribution < 1.29 is 0 Å². The molecule has 0 aliphatic carbocycles. The summed E-state index contributed by atoms with van der Waals surface area (Å²) in [7, 11) is 1.92. The predicted molar refractivity (Wildman–Crippen MR) is 56.9 cm³/mol. The predicted octanol–water partition coefficient (Wildman–Crippen LogP) is 2.66. The van der Waals surface area contributed by atoms with Gasteiger partial charge >= 0.3 is 0 Å². The lowest BCUT2D eigenvalue weighted by Crippen LogP contribution is -2.04. The maximum Gasteiger partial charge on any atom is 0.0542 e. The van der Waals surface area contributed by atoms with Gasteiger partial charge in [-0.25, -0.2) is 0 Å². The summed E-state index contributed by atoms with van der Waals surface area (Å²) in [4.78, 5) is 0. The van der Waals surface area contributed by atoms with Gasteiger partial charge in [-0.15, -0.1) is 0 Å². The average Bonchev–Trinajstić information content (AvgIpc) is 1.98. The van der Waals surface area contributed by atoms with Crippen molar-refractivity contribution in [1.82, 2.24) is 5.32 Å². The van der Waals surface area contributed by atoms with E-state index in [1.54, 1.807) is 0 Å². The van der Waals surface area contributed by atoms with Crippen molar-refractivity contribution in [2.45, 2.75) is 6.54 Å². The Morgan fingerprint density at radius 3 is 2.82 bits per heavy atom. The number of rotatable bonds is 2. The number of nitrogens with one attached hydrogen (secondary N) is 1. The van der Waals surface area contributed by atoms with E-state index in [0.717, 1.165) is 15.1 Å². The van der Waals surface area contributed by atoms with Crippen LogP contribution in [0, 0.1) is 3.57 Å². The fourth-order valence-corrected chi connectivity index (χ4v) is 1.39. The van der Waals surface area contributed by atoms with E-state index >= 15 is 0 Å². The minimum Gasteiger partial charge on any atom is -0.316 e. The highest BCUT2D eigenvalue weighted by atomic mass is 127. The standard InChI is InChI=1S/C8H9ClIN/c1-11-5-6-2-3-8(10)7(9)4-6/h2-4,11H,5H2,1H3. The maximum atomic E-state index is 5.91. The van der Waals surface area contributed by atoms with E-state index in [9.17, 15) is 0 Å². The molecule has 0 atom stereocenters. The van der Waals surface area contributed by atoms with Gasteiger partial charge < -0.3 is 5.32 Å². The molecule has 3 heteroatoms. The van der Waals surface area contributed by atoms with Crippen molar-refractivity contribution in [3.8, 4) is 0 Å². The molecule has 1 aromatic rings. The van der Waals surface area contributed by atoms with Crippen molar-refractivity contribution in [2.75, 3.05) is 7.05 Å². The third-order valence-electron chi connectivity index (χ3n) is 1.36. The molecule has 0 saturated carbocycles. The summed E-state index contributed by atoms with van der Waals surface area (Å²) in [5.74, 6) is 0. The molecule has 60 valence electrons. The van der Waals surface area contributed by atoms with Crippen LogP contribution in [0.2, 0.25) is 5.02 Å². The molecule has 0 saturated heterocycles. The Labute approximate surface area is 85.3 Å². The minimum atomic E-state index is 0.832. The van der Waals surface area contributed by atoms with Crippen LogP contribution >= 0.6 is 34.2 Å². The molecule has 0 fully saturated rings. The van der Waals surface area contributed by atoms with Gasteiger partial charge in [0, 0.05) is 10.1 Å². The van der Waals surface area contributed by atoms with E-state index in [2.05, 4.69) is 34.0 Å². The molecular weight excluding hydrogens is 272 g/mol. The molecule has 1 rings (SSSR count). The van der Waals surface area contributed by atoms with Crippen LogP contribution in [-0.4, -0.2) is 7.05 Å². The van der Waals surface area contributed by atoms with Gasteiger partial charge in [0.15, 0.2) is 0 Å². The molecule has 0 aromatic heterocycles. The third kappa shape index (κ3) is 2.61. The van der Waals surface area contributed by atoms with Crippen LogP contribution in [0.25, 0.3) is 0 Å². The van der Waals surface area contributed by atoms with Crippen LogP contribution in [0.15, 0.2) is 18.2 Å². The van der Waals surface area contributed by atoms with Gasteiger partial charge in [-0.1, -0.05) is 17.7 Å². The SMILES string of the molecule is CNCc1ccc(I)c(Cl)c1. The monoisotopic (exact) mass is 281 g/mol. The van der Waals surface area contributed by atoms with Gasteiger partial charge in [0.2, 0.25) is 0 Å². The lowest BCUT2D eigenvalue weighted by atomic mass is 10.2. The minimum absolute atomic E-state index is 0.832. The summed E-state index contributed by atoms with van der Waals surface area (Å²) in [6.07, 6.45) is 0. The van der Waals surface area contributed by atoms with Gasteiger partial charge in [0.1, 0.15) is 0 Å². The van der Waals surface area contributed by atoms with Gasteiger partial charge in [0.05, 0.1) is 5.02 Å².